The van der Waals surface area contributed by atoms with Gasteiger partial charge in [-0.15, -0.1) is 0 Å². The number of phenols is 2. The van der Waals surface area contributed by atoms with Crippen LogP contribution in [0.4, 0.5) is 0 Å². The van der Waals surface area contributed by atoms with E-state index < -0.39 is 0 Å². The van der Waals surface area contributed by atoms with Gasteiger partial charge < -0.3 is 34.8 Å². The smallest absolute Gasteiger partial charge is 0.162 e. The second kappa shape index (κ2) is 10.3. The summed E-state index contributed by atoms with van der Waals surface area (Å²) in [5, 5.41) is 41.5. The minimum absolute atomic E-state index is 0.0250. The van der Waals surface area contributed by atoms with E-state index in [1.807, 2.05) is 0 Å². The van der Waals surface area contributed by atoms with Gasteiger partial charge in [0.1, 0.15) is 5.76 Å². The van der Waals surface area contributed by atoms with Crippen LogP contribution in [-0.4, -0.2) is 82.8 Å². The van der Waals surface area contributed by atoms with Crippen molar-refractivity contribution < 1.29 is 29.9 Å². The van der Waals surface area contributed by atoms with Crippen LogP contribution in [0.1, 0.15) is 36.5 Å². The lowest BCUT2D eigenvalue weighted by atomic mass is 9.65. The summed E-state index contributed by atoms with van der Waals surface area (Å²) in [7, 11) is 0. The Kier molecular flexibility index (Phi) is 7.40. The van der Waals surface area contributed by atoms with Gasteiger partial charge in [-0.05, 0) is 41.2 Å². The van der Waals surface area contributed by atoms with E-state index in [2.05, 4.69) is 30.2 Å². The molecule has 0 saturated carbocycles. The Morgan fingerprint density at radius 1 is 1.09 bits per heavy atom. The van der Waals surface area contributed by atoms with E-state index in [0.717, 1.165) is 54.1 Å². The van der Waals surface area contributed by atoms with E-state index in [9.17, 15) is 20.4 Å². The van der Waals surface area contributed by atoms with Crippen LogP contribution in [0, 0.1) is 5.92 Å². The summed E-state index contributed by atoms with van der Waals surface area (Å²) < 4.78 is 11.1. The molecule has 2 heterocycles. The standard InChI is InChI=1S/C26H36N2O6/c1-4-18-13-22(31)26(32)20(15-27-5-9-33-10-6-27)24(18)23-16(2)19(14-21(30)17(3)29)25(23)28-7-11-34-12-8-28/h13-14,16,23,29-32H,3-12,15H2,1-2H3/b21-14+/t16?,23-/m1/s1. The molecule has 1 unspecified atom stereocenters. The lowest BCUT2D eigenvalue weighted by molar-refractivity contribution is 0.0334. The minimum Gasteiger partial charge on any atom is -0.505 e. The zero-order valence-corrected chi connectivity index (χ0v) is 20.1. The molecule has 2 fully saturated rings. The molecule has 4 N–H and O–H groups in total. The first kappa shape index (κ1) is 24.4. The van der Waals surface area contributed by atoms with Gasteiger partial charge >= 0.3 is 0 Å². The van der Waals surface area contributed by atoms with Gasteiger partial charge in [0, 0.05) is 49.9 Å². The number of aliphatic hydroxyl groups is 2. The van der Waals surface area contributed by atoms with Crippen molar-refractivity contribution in [2.45, 2.75) is 32.7 Å². The molecular formula is C26H36N2O6. The van der Waals surface area contributed by atoms with Crippen LogP contribution in [0.25, 0.3) is 0 Å². The van der Waals surface area contributed by atoms with Crippen LogP contribution in [0.3, 0.4) is 0 Å². The first-order valence-electron chi connectivity index (χ1n) is 12.1. The van der Waals surface area contributed by atoms with Crippen molar-refractivity contribution in [2.75, 3.05) is 52.6 Å². The number of hydrogen-bond donors (Lipinski definition) is 4. The molecule has 0 aromatic heterocycles. The molecule has 34 heavy (non-hydrogen) atoms. The monoisotopic (exact) mass is 472 g/mol. The summed E-state index contributed by atoms with van der Waals surface area (Å²) in [5.74, 6) is -0.777. The molecule has 0 spiro atoms. The van der Waals surface area contributed by atoms with E-state index >= 15 is 0 Å². The van der Waals surface area contributed by atoms with Gasteiger partial charge in [0.25, 0.3) is 0 Å². The van der Waals surface area contributed by atoms with Crippen molar-refractivity contribution in [1.82, 2.24) is 9.80 Å². The maximum atomic E-state index is 11.0. The van der Waals surface area contributed by atoms with Crippen molar-refractivity contribution in [2.24, 2.45) is 5.92 Å². The fourth-order valence-electron chi connectivity index (χ4n) is 5.35. The molecule has 1 aromatic carbocycles. The van der Waals surface area contributed by atoms with Crippen molar-refractivity contribution >= 4 is 0 Å². The van der Waals surface area contributed by atoms with Gasteiger partial charge in [-0.25, -0.2) is 0 Å². The zero-order valence-electron chi connectivity index (χ0n) is 20.1. The van der Waals surface area contributed by atoms with Crippen LogP contribution < -0.4 is 0 Å². The number of rotatable bonds is 7. The van der Waals surface area contributed by atoms with Crippen molar-refractivity contribution in [3.63, 3.8) is 0 Å². The normalized spacial score (nSPS) is 24.3. The number of nitrogens with zero attached hydrogens (tertiary/aromatic N) is 2. The van der Waals surface area contributed by atoms with Gasteiger partial charge in [-0.2, -0.15) is 0 Å². The molecule has 2 aliphatic heterocycles. The first-order valence-corrected chi connectivity index (χ1v) is 12.1. The maximum Gasteiger partial charge on any atom is 0.162 e. The highest BCUT2D eigenvalue weighted by Crippen LogP contribution is 2.54. The molecule has 8 heteroatoms. The third kappa shape index (κ3) is 4.62. The lowest BCUT2D eigenvalue weighted by Crippen LogP contribution is -2.44. The highest BCUT2D eigenvalue weighted by atomic mass is 16.5. The molecular weight excluding hydrogens is 436 g/mol. The van der Waals surface area contributed by atoms with Gasteiger partial charge in [-0.3, -0.25) is 4.90 Å². The topological polar surface area (TPSA) is 106 Å². The summed E-state index contributed by atoms with van der Waals surface area (Å²) >= 11 is 0. The molecule has 0 radical (unpaired) electrons. The van der Waals surface area contributed by atoms with Crippen molar-refractivity contribution in [3.8, 4) is 11.5 Å². The fourth-order valence-corrected chi connectivity index (χ4v) is 5.35. The van der Waals surface area contributed by atoms with Crippen LogP contribution in [0.5, 0.6) is 11.5 Å². The third-order valence-corrected chi connectivity index (χ3v) is 7.21. The maximum absolute atomic E-state index is 11.0. The number of allylic oxidation sites excluding steroid dienone is 3. The average Bonchev–Trinajstić information content (AvgIpc) is 2.85. The van der Waals surface area contributed by atoms with Crippen molar-refractivity contribution in [1.29, 1.82) is 0 Å². The molecule has 3 aliphatic rings. The Balaban J connectivity index is 1.84. The molecule has 0 amide bonds. The highest BCUT2D eigenvalue weighted by Gasteiger charge is 2.43. The average molecular weight is 473 g/mol. The summed E-state index contributed by atoms with van der Waals surface area (Å²) in [6.45, 7) is 13.6. The Labute approximate surface area is 201 Å². The Bertz CT molecular complexity index is 989. The number of ether oxygens (including phenoxy) is 2. The number of phenolic OH excluding ortho intramolecular Hbond substituents is 2. The summed E-state index contributed by atoms with van der Waals surface area (Å²) in [6, 6.07) is 1.68. The number of hydrogen-bond acceptors (Lipinski definition) is 8. The number of aliphatic hydroxyl groups excluding tert-OH is 2. The quantitative estimate of drug-likeness (QED) is 0.272. The highest BCUT2D eigenvalue weighted by molar-refractivity contribution is 5.60. The molecule has 2 saturated heterocycles. The van der Waals surface area contributed by atoms with E-state index in [-0.39, 0.29) is 34.9 Å². The fraction of sp³-hybridized carbons (Fsp3) is 0.538. The SMILES string of the molecule is C=C(O)/C(O)=C\C1=C(N2CCOCC2)[C@@H](c2c(CC)cc(O)c(O)c2CN2CCOCC2)C1C. The van der Waals surface area contributed by atoms with Gasteiger partial charge in [0.15, 0.2) is 17.3 Å². The molecule has 4 rings (SSSR count). The zero-order chi connectivity index (χ0) is 24.4. The largest absolute Gasteiger partial charge is 0.505 e. The molecule has 2 atom stereocenters. The first-order chi connectivity index (χ1) is 16.3. The second-order valence-corrected chi connectivity index (χ2v) is 9.22. The summed E-state index contributed by atoms with van der Waals surface area (Å²) in [6.07, 6.45) is 2.31. The molecule has 0 bridgehead atoms. The number of aromatic hydroxyl groups is 2. The van der Waals surface area contributed by atoms with Crippen LogP contribution in [-0.2, 0) is 22.4 Å². The summed E-state index contributed by atoms with van der Waals surface area (Å²) in [4.78, 5) is 4.51. The van der Waals surface area contributed by atoms with Gasteiger partial charge in [0.05, 0.1) is 26.4 Å². The predicted octanol–water partition coefficient (Wildman–Crippen LogP) is 3.33. The van der Waals surface area contributed by atoms with Crippen LogP contribution >= 0.6 is 0 Å². The van der Waals surface area contributed by atoms with E-state index in [0.29, 0.717) is 39.4 Å². The number of morpholine rings is 2. The number of benzene rings is 1. The van der Waals surface area contributed by atoms with E-state index in [1.165, 1.54) is 0 Å². The third-order valence-electron chi connectivity index (χ3n) is 7.21. The van der Waals surface area contributed by atoms with E-state index in [4.69, 9.17) is 9.47 Å². The van der Waals surface area contributed by atoms with Gasteiger partial charge in [-0.1, -0.05) is 20.4 Å². The Morgan fingerprint density at radius 2 is 1.71 bits per heavy atom. The minimum atomic E-state index is -0.367. The van der Waals surface area contributed by atoms with Gasteiger partial charge in [0.2, 0.25) is 0 Å². The lowest BCUT2D eigenvalue weighted by Gasteiger charge is -2.48. The molecule has 1 aromatic rings. The Morgan fingerprint density at radius 3 is 2.29 bits per heavy atom. The van der Waals surface area contributed by atoms with Crippen molar-refractivity contribution in [3.05, 3.63) is 58.2 Å². The predicted molar refractivity (Wildman–Crippen MR) is 129 cm³/mol. The molecule has 1 aliphatic carbocycles. The van der Waals surface area contributed by atoms with Crippen LogP contribution in [0.2, 0.25) is 0 Å². The summed E-state index contributed by atoms with van der Waals surface area (Å²) in [5.41, 5.74) is 4.79. The van der Waals surface area contributed by atoms with E-state index in [1.54, 1.807) is 12.1 Å². The molecule has 186 valence electrons. The second-order valence-electron chi connectivity index (χ2n) is 9.22. The number of aryl methyl sites for hydroxylation is 1. The van der Waals surface area contributed by atoms with Crippen LogP contribution in [0.15, 0.2) is 41.5 Å². The molecule has 8 nitrogen and oxygen atoms in total. The Hall–Kier alpha value is -2.68.